The number of hydrogen-bond acceptors (Lipinski definition) is 5. The first-order chi connectivity index (χ1) is 16.8. The number of benzene rings is 3. The number of aliphatic hydroxyl groups excluding tert-OH is 1. The molecule has 0 radical (unpaired) electrons. The quantitative estimate of drug-likeness (QED) is 0.330. The van der Waals surface area contributed by atoms with E-state index in [1.807, 2.05) is 19.1 Å². The van der Waals surface area contributed by atoms with Crippen molar-refractivity contribution >= 4 is 39.9 Å². The fraction of sp³-hybridized carbons (Fsp3) is 0.111. The molecule has 5 rings (SSSR count). The summed E-state index contributed by atoms with van der Waals surface area (Å²) >= 11 is 6.14. The van der Waals surface area contributed by atoms with Gasteiger partial charge in [0.15, 0.2) is 22.9 Å². The van der Waals surface area contributed by atoms with E-state index in [4.69, 9.17) is 20.8 Å². The minimum Gasteiger partial charge on any atom is -0.503 e. The second-order valence-corrected chi connectivity index (χ2v) is 8.63. The van der Waals surface area contributed by atoms with Gasteiger partial charge in [0.2, 0.25) is 5.78 Å². The number of methoxy groups -OCH3 is 1. The molecule has 0 spiro atoms. The average molecular weight is 492 g/mol. The van der Waals surface area contributed by atoms with Crippen LogP contribution in [0.3, 0.4) is 0 Å². The van der Waals surface area contributed by atoms with Gasteiger partial charge in [-0.05, 0) is 48.9 Å². The number of Topliss-reactive ketones (excluding diaryl/α,β-unsaturated/α-hetero) is 1. The van der Waals surface area contributed by atoms with Crippen LogP contribution >= 0.6 is 11.6 Å². The molecule has 176 valence electrons. The van der Waals surface area contributed by atoms with E-state index in [1.165, 1.54) is 42.3 Å². The van der Waals surface area contributed by atoms with Gasteiger partial charge in [0, 0.05) is 22.2 Å². The summed E-state index contributed by atoms with van der Waals surface area (Å²) in [6.07, 6.45) is 0. The molecule has 1 aromatic heterocycles. The normalized spacial score (nSPS) is 15.8. The van der Waals surface area contributed by atoms with Crippen molar-refractivity contribution in [2.45, 2.75) is 13.0 Å². The SMILES string of the molecule is COc1cc(Cl)cc2cc(C(=O)C3=C(O)C(=O)N(c4ccc(C)cc4)C3c3ccc(F)cc3)oc12. The molecule has 1 N–H and O–H groups in total. The lowest BCUT2D eigenvalue weighted by Crippen LogP contribution is -2.31. The Morgan fingerprint density at radius 2 is 1.77 bits per heavy atom. The molecule has 1 amide bonds. The van der Waals surface area contributed by atoms with Crippen molar-refractivity contribution in [1.82, 2.24) is 0 Å². The number of amides is 1. The second-order valence-electron chi connectivity index (χ2n) is 8.19. The van der Waals surface area contributed by atoms with Crippen LogP contribution in [0.5, 0.6) is 5.75 Å². The van der Waals surface area contributed by atoms with E-state index in [0.717, 1.165) is 5.56 Å². The fourth-order valence-corrected chi connectivity index (χ4v) is 4.47. The van der Waals surface area contributed by atoms with E-state index in [-0.39, 0.29) is 11.3 Å². The van der Waals surface area contributed by atoms with Crippen LogP contribution in [0.4, 0.5) is 10.1 Å². The summed E-state index contributed by atoms with van der Waals surface area (Å²) in [4.78, 5) is 28.2. The van der Waals surface area contributed by atoms with Crippen molar-refractivity contribution in [2.24, 2.45) is 0 Å². The van der Waals surface area contributed by atoms with Crippen LogP contribution in [0.25, 0.3) is 11.0 Å². The number of carbonyl (C=O) groups excluding carboxylic acids is 2. The molecule has 1 aliphatic rings. The van der Waals surface area contributed by atoms with Gasteiger partial charge in [0.1, 0.15) is 5.82 Å². The molecule has 0 saturated heterocycles. The van der Waals surface area contributed by atoms with Crippen molar-refractivity contribution in [3.63, 3.8) is 0 Å². The molecule has 0 bridgehead atoms. The zero-order valence-electron chi connectivity index (χ0n) is 18.7. The maximum atomic E-state index is 13.7. The number of hydrogen-bond donors (Lipinski definition) is 1. The number of rotatable bonds is 5. The van der Waals surface area contributed by atoms with E-state index >= 15 is 0 Å². The number of aryl methyl sites for hydroxylation is 1. The Bertz CT molecular complexity index is 1510. The van der Waals surface area contributed by atoms with Crippen LogP contribution < -0.4 is 9.64 Å². The molecular weight excluding hydrogens is 473 g/mol. The highest BCUT2D eigenvalue weighted by Gasteiger charge is 2.45. The number of furan rings is 1. The summed E-state index contributed by atoms with van der Waals surface area (Å²) in [5.41, 5.74) is 2.03. The number of ketones is 1. The highest BCUT2D eigenvalue weighted by atomic mass is 35.5. The summed E-state index contributed by atoms with van der Waals surface area (Å²) in [5, 5.41) is 11.8. The van der Waals surface area contributed by atoms with Crippen LogP contribution in [0, 0.1) is 12.7 Å². The molecule has 35 heavy (non-hydrogen) atoms. The molecule has 1 atom stereocenters. The largest absolute Gasteiger partial charge is 0.503 e. The molecule has 6 nitrogen and oxygen atoms in total. The van der Waals surface area contributed by atoms with E-state index in [2.05, 4.69) is 0 Å². The third-order valence-corrected chi connectivity index (χ3v) is 6.16. The van der Waals surface area contributed by atoms with Gasteiger partial charge < -0.3 is 14.3 Å². The number of halogens is 2. The van der Waals surface area contributed by atoms with Crippen LogP contribution in [0.2, 0.25) is 5.02 Å². The lowest BCUT2D eigenvalue weighted by molar-refractivity contribution is -0.117. The first kappa shape index (κ1) is 22.7. The van der Waals surface area contributed by atoms with Gasteiger partial charge in [-0.3, -0.25) is 14.5 Å². The maximum absolute atomic E-state index is 13.7. The van der Waals surface area contributed by atoms with Gasteiger partial charge in [-0.15, -0.1) is 0 Å². The van der Waals surface area contributed by atoms with Crippen LogP contribution in [-0.2, 0) is 4.79 Å². The van der Waals surface area contributed by atoms with Crippen molar-refractivity contribution < 1.29 is 28.2 Å². The predicted molar refractivity (Wildman–Crippen MR) is 130 cm³/mol. The van der Waals surface area contributed by atoms with Gasteiger partial charge in [0.25, 0.3) is 5.91 Å². The molecular formula is C27H19ClFNO5. The molecule has 0 aliphatic carbocycles. The highest BCUT2D eigenvalue weighted by Crippen LogP contribution is 2.43. The second kappa shape index (κ2) is 8.60. The Kier molecular flexibility index (Phi) is 5.57. The van der Waals surface area contributed by atoms with Gasteiger partial charge in [-0.25, -0.2) is 4.39 Å². The van der Waals surface area contributed by atoms with E-state index in [1.54, 1.807) is 24.3 Å². The first-order valence-corrected chi connectivity index (χ1v) is 11.1. The number of fused-ring (bicyclic) bond motifs is 1. The maximum Gasteiger partial charge on any atom is 0.294 e. The Hall–Kier alpha value is -4.10. The van der Waals surface area contributed by atoms with Crippen LogP contribution in [-0.4, -0.2) is 23.9 Å². The van der Waals surface area contributed by atoms with E-state index in [9.17, 15) is 19.1 Å². The molecule has 1 unspecified atom stereocenters. The fourth-order valence-electron chi connectivity index (χ4n) is 4.25. The highest BCUT2D eigenvalue weighted by molar-refractivity contribution is 6.31. The molecule has 0 saturated carbocycles. The number of carbonyl (C=O) groups is 2. The Labute approximate surface area is 204 Å². The minimum atomic E-state index is -1.00. The summed E-state index contributed by atoms with van der Waals surface area (Å²) in [6.45, 7) is 1.90. The molecule has 3 aromatic carbocycles. The van der Waals surface area contributed by atoms with Crippen molar-refractivity contribution in [3.8, 4) is 5.75 Å². The average Bonchev–Trinajstić information content (AvgIpc) is 3.38. The van der Waals surface area contributed by atoms with Gasteiger partial charge >= 0.3 is 0 Å². The lowest BCUT2D eigenvalue weighted by Gasteiger charge is -2.27. The third kappa shape index (κ3) is 3.84. The van der Waals surface area contributed by atoms with Gasteiger partial charge in [-0.1, -0.05) is 41.4 Å². The summed E-state index contributed by atoms with van der Waals surface area (Å²) in [5.74, 6) is -2.37. The summed E-state index contributed by atoms with van der Waals surface area (Å²) in [6, 6.07) is 16.1. The van der Waals surface area contributed by atoms with E-state index < -0.39 is 29.3 Å². The molecule has 0 fully saturated rings. The third-order valence-electron chi connectivity index (χ3n) is 5.94. The number of nitrogens with zero attached hydrogens (tertiary/aromatic N) is 1. The van der Waals surface area contributed by atoms with Crippen molar-refractivity contribution in [2.75, 3.05) is 12.0 Å². The number of ether oxygens (including phenoxy) is 1. The topological polar surface area (TPSA) is 80.0 Å². The molecule has 1 aliphatic heterocycles. The molecule has 4 aromatic rings. The monoisotopic (exact) mass is 491 g/mol. The molecule has 2 heterocycles. The zero-order valence-corrected chi connectivity index (χ0v) is 19.5. The predicted octanol–water partition coefficient (Wildman–Crippen LogP) is 6.33. The minimum absolute atomic E-state index is 0.104. The smallest absolute Gasteiger partial charge is 0.294 e. The zero-order chi connectivity index (χ0) is 24.9. The van der Waals surface area contributed by atoms with Gasteiger partial charge in [0.05, 0.1) is 18.7 Å². The van der Waals surface area contributed by atoms with Crippen molar-refractivity contribution in [3.05, 3.63) is 106 Å². The van der Waals surface area contributed by atoms with Crippen molar-refractivity contribution in [1.29, 1.82) is 0 Å². The Morgan fingerprint density at radius 3 is 2.43 bits per heavy atom. The lowest BCUT2D eigenvalue weighted by atomic mass is 9.94. The summed E-state index contributed by atoms with van der Waals surface area (Å²) < 4.78 is 24.8. The number of aliphatic hydroxyl groups is 1. The first-order valence-electron chi connectivity index (χ1n) is 10.7. The van der Waals surface area contributed by atoms with Gasteiger partial charge in [-0.2, -0.15) is 0 Å². The standard InChI is InChI=1S/C27H19ClFNO5/c1-14-3-9-19(10-4-14)30-23(15-5-7-18(29)8-6-15)22(25(32)27(30)33)24(31)20-12-16-11-17(28)13-21(34-2)26(16)35-20/h3-13,23,32H,1-2H3. The number of anilines is 1. The Balaban J connectivity index is 1.66. The molecule has 8 heteroatoms. The Morgan fingerprint density at radius 1 is 1.09 bits per heavy atom. The summed E-state index contributed by atoms with van der Waals surface area (Å²) in [7, 11) is 1.45. The van der Waals surface area contributed by atoms with E-state index in [0.29, 0.717) is 33.0 Å². The van der Waals surface area contributed by atoms with Crippen LogP contribution in [0.15, 0.2) is 82.5 Å². The van der Waals surface area contributed by atoms with Crippen LogP contribution in [0.1, 0.15) is 27.7 Å².